The molecular weight excluding hydrogens is 428 g/mol. The largest absolute Gasteiger partial charge is 0.497 e. The summed E-state index contributed by atoms with van der Waals surface area (Å²) in [6, 6.07) is 13.6. The smallest absolute Gasteiger partial charge is 0.256 e. The van der Waals surface area contributed by atoms with Crippen molar-refractivity contribution < 1.29 is 19.1 Å². The van der Waals surface area contributed by atoms with Crippen LogP contribution in [0.2, 0.25) is 0 Å². The fourth-order valence-corrected chi connectivity index (χ4v) is 3.85. The first-order valence-corrected chi connectivity index (χ1v) is 10.6. The number of benzene rings is 2. The van der Waals surface area contributed by atoms with Crippen LogP contribution in [0.3, 0.4) is 0 Å². The summed E-state index contributed by atoms with van der Waals surface area (Å²) in [6.07, 6.45) is -0.0760. The molecule has 0 bridgehead atoms. The molecule has 168 valence electrons. The number of nitrogens with one attached hydrogen (secondary N) is 2. The molecule has 2 aromatic rings. The van der Waals surface area contributed by atoms with Gasteiger partial charge in [0.05, 0.1) is 19.2 Å². The number of methoxy groups -OCH3 is 1. The van der Waals surface area contributed by atoms with E-state index in [4.69, 9.17) is 17.0 Å². The molecule has 1 unspecified atom stereocenters. The number of amides is 3. The number of ether oxygens (including phenoxy) is 1. The van der Waals surface area contributed by atoms with E-state index in [1.165, 1.54) is 11.8 Å². The van der Waals surface area contributed by atoms with Crippen LogP contribution in [0.1, 0.15) is 18.9 Å². The summed E-state index contributed by atoms with van der Waals surface area (Å²) in [5, 5.41) is 5.83. The zero-order valence-corrected chi connectivity index (χ0v) is 19.1. The summed E-state index contributed by atoms with van der Waals surface area (Å²) >= 11 is 5.59. The van der Waals surface area contributed by atoms with Gasteiger partial charge in [0.15, 0.2) is 5.11 Å². The number of carbonyl (C=O) groups excluding carboxylic acids is 3. The van der Waals surface area contributed by atoms with Crippen LogP contribution in [0.25, 0.3) is 0 Å². The van der Waals surface area contributed by atoms with E-state index in [1.807, 2.05) is 31.2 Å². The molecule has 2 aromatic carbocycles. The van der Waals surface area contributed by atoms with E-state index >= 15 is 0 Å². The second-order valence-corrected chi connectivity index (χ2v) is 7.83. The highest BCUT2D eigenvalue weighted by atomic mass is 32.1. The van der Waals surface area contributed by atoms with Crippen LogP contribution in [0.4, 0.5) is 11.4 Å². The van der Waals surface area contributed by atoms with Gasteiger partial charge in [-0.2, -0.15) is 0 Å². The molecular formula is C23H26N4O4S. The number of aryl methyl sites for hydroxylation is 1. The maximum atomic E-state index is 13.3. The SMILES string of the molecule is COc1ccc(NC(=O)CC2C(=O)N(c3ccc(C)cc3)C(=S)N2CCNC(C)=O)cc1. The zero-order valence-electron chi connectivity index (χ0n) is 18.3. The normalized spacial score (nSPS) is 15.7. The quantitative estimate of drug-likeness (QED) is 0.596. The molecule has 32 heavy (non-hydrogen) atoms. The van der Waals surface area contributed by atoms with Crippen molar-refractivity contribution in [1.82, 2.24) is 10.2 Å². The Balaban J connectivity index is 1.77. The number of anilines is 2. The molecule has 1 atom stereocenters. The number of nitrogens with zero attached hydrogens (tertiary/aromatic N) is 2. The topological polar surface area (TPSA) is 91.0 Å². The van der Waals surface area contributed by atoms with E-state index in [0.29, 0.717) is 35.3 Å². The first-order valence-electron chi connectivity index (χ1n) is 10.2. The molecule has 1 aliphatic heterocycles. The lowest BCUT2D eigenvalue weighted by molar-refractivity contribution is -0.124. The highest BCUT2D eigenvalue weighted by Crippen LogP contribution is 2.27. The van der Waals surface area contributed by atoms with E-state index in [0.717, 1.165) is 5.56 Å². The lowest BCUT2D eigenvalue weighted by Gasteiger charge is -2.24. The average Bonchev–Trinajstić information content (AvgIpc) is 2.98. The second kappa shape index (κ2) is 10.2. The molecule has 9 heteroatoms. The fourth-order valence-electron chi connectivity index (χ4n) is 3.43. The summed E-state index contributed by atoms with van der Waals surface area (Å²) in [5.74, 6) is -0.0824. The predicted molar refractivity (Wildman–Crippen MR) is 127 cm³/mol. The van der Waals surface area contributed by atoms with Crippen LogP contribution in [0.5, 0.6) is 5.75 Å². The van der Waals surface area contributed by atoms with Crippen molar-refractivity contribution in [3.05, 3.63) is 54.1 Å². The first kappa shape index (κ1) is 23.2. The van der Waals surface area contributed by atoms with Gasteiger partial charge in [-0.1, -0.05) is 17.7 Å². The molecule has 2 N–H and O–H groups in total. The van der Waals surface area contributed by atoms with Crippen LogP contribution in [0.15, 0.2) is 48.5 Å². The molecule has 3 amide bonds. The molecule has 1 aliphatic rings. The third kappa shape index (κ3) is 5.42. The Morgan fingerprint density at radius 1 is 1.09 bits per heavy atom. The van der Waals surface area contributed by atoms with Crippen molar-refractivity contribution in [3.63, 3.8) is 0 Å². The highest BCUT2D eigenvalue weighted by Gasteiger charge is 2.43. The Bertz CT molecular complexity index is 1010. The fraction of sp³-hybridized carbons (Fsp3) is 0.304. The molecule has 1 heterocycles. The molecule has 0 aromatic heterocycles. The minimum absolute atomic E-state index is 0.0760. The van der Waals surface area contributed by atoms with Crippen molar-refractivity contribution >= 4 is 46.4 Å². The molecule has 0 spiro atoms. The van der Waals surface area contributed by atoms with Gasteiger partial charge in [0, 0.05) is 25.7 Å². The summed E-state index contributed by atoms with van der Waals surface area (Å²) in [5.41, 5.74) is 2.31. The number of rotatable bonds is 8. The van der Waals surface area contributed by atoms with Gasteiger partial charge in [0.2, 0.25) is 11.8 Å². The Labute approximate surface area is 192 Å². The maximum absolute atomic E-state index is 13.3. The van der Waals surface area contributed by atoms with Crippen LogP contribution < -0.4 is 20.3 Å². The van der Waals surface area contributed by atoms with E-state index in [-0.39, 0.29) is 24.1 Å². The Kier molecular flexibility index (Phi) is 7.42. The summed E-state index contributed by atoms with van der Waals surface area (Å²) < 4.78 is 5.12. The molecule has 8 nitrogen and oxygen atoms in total. The van der Waals surface area contributed by atoms with Gasteiger partial charge in [0.25, 0.3) is 5.91 Å². The van der Waals surface area contributed by atoms with Crippen LogP contribution in [-0.4, -0.2) is 54.0 Å². The van der Waals surface area contributed by atoms with Crippen molar-refractivity contribution in [1.29, 1.82) is 0 Å². The Hall–Kier alpha value is -3.46. The monoisotopic (exact) mass is 454 g/mol. The number of hydrogen-bond donors (Lipinski definition) is 2. The van der Waals surface area contributed by atoms with Gasteiger partial charge in [-0.3, -0.25) is 19.3 Å². The number of hydrogen-bond acceptors (Lipinski definition) is 5. The second-order valence-electron chi connectivity index (χ2n) is 7.46. The van der Waals surface area contributed by atoms with Gasteiger partial charge in [-0.25, -0.2) is 0 Å². The average molecular weight is 455 g/mol. The summed E-state index contributed by atoms with van der Waals surface area (Å²) in [7, 11) is 1.57. The van der Waals surface area contributed by atoms with Crippen LogP contribution in [-0.2, 0) is 14.4 Å². The summed E-state index contributed by atoms with van der Waals surface area (Å²) in [6.45, 7) is 4.00. The molecule has 0 saturated carbocycles. The minimum atomic E-state index is -0.768. The van der Waals surface area contributed by atoms with Crippen molar-refractivity contribution in [2.24, 2.45) is 0 Å². The maximum Gasteiger partial charge on any atom is 0.256 e. The van der Waals surface area contributed by atoms with Crippen molar-refractivity contribution in [2.45, 2.75) is 26.3 Å². The Morgan fingerprint density at radius 2 is 1.75 bits per heavy atom. The number of carbonyl (C=O) groups is 3. The molecule has 1 fully saturated rings. The lowest BCUT2D eigenvalue weighted by Crippen LogP contribution is -2.42. The van der Waals surface area contributed by atoms with Crippen molar-refractivity contribution in [3.8, 4) is 5.75 Å². The zero-order chi connectivity index (χ0) is 23.3. The minimum Gasteiger partial charge on any atom is -0.497 e. The van der Waals surface area contributed by atoms with E-state index in [2.05, 4.69) is 10.6 Å². The van der Waals surface area contributed by atoms with E-state index < -0.39 is 6.04 Å². The van der Waals surface area contributed by atoms with Crippen LogP contribution >= 0.6 is 12.2 Å². The van der Waals surface area contributed by atoms with Gasteiger partial charge >= 0.3 is 0 Å². The van der Waals surface area contributed by atoms with Gasteiger partial charge < -0.3 is 20.3 Å². The molecule has 3 rings (SSSR count). The Morgan fingerprint density at radius 3 is 2.34 bits per heavy atom. The van der Waals surface area contributed by atoms with E-state index in [1.54, 1.807) is 36.3 Å². The van der Waals surface area contributed by atoms with E-state index in [9.17, 15) is 14.4 Å². The third-order valence-electron chi connectivity index (χ3n) is 5.09. The first-order chi connectivity index (χ1) is 15.3. The molecule has 0 radical (unpaired) electrons. The third-order valence-corrected chi connectivity index (χ3v) is 5.51. The molecule has 0 aliphatic carbocycles. The van der Waals surface area contributed by atoms with Crippen molar-refractivity contribution in [2.75, 3.05) is 30.4 Å². The lowest BCUT2D eigenvalue weighted by atomic mass is 10.1. The highest BCUT2D eigenvalue weighted by molar-refractivity contribution is 7.80. The van der Waals surface area contributed by atoms with Gasteiger partial charge in [-0.05, 0) is 55.5 Å². The number of thiocarbonyl (C=S) groups is 1. The van der Waals surface area contributed by atoms with Crippen LogP contribution in [0, 0.1) is 6.92 Å². The standard InChI is InChI=1S/C23H26N4O4S/c1-15-4-8-18(9-5-15)27-22(30)20(26(23(27)32)13-12-24-16(2)28)14-21(29)25-17-6-10-19(31-3)11-7-17/h4-11,20H,12-14H2,1-3H3,(H,24,28)(H,25,29). The molecule has 1 saturated heterocycles. The van der Waals surface area contributed by atoms with Gasteiger partial charge in [0.1, 0.15) is 11.8 Å². The predicted octanol–water partition coefficient (Wildman–Crippen LogP) is 2.47. The summed E-state index contributed by atoms with van der Waals surface area (Å²) in [4.78, 5) is 40.5. The van der Waals surface area contributed by atoms with Gasteiger partial charge in [-0.15, -0.1) is 0 Å².